The molecule has 3 rings (SSSR count). The summed E-state index contributed by atoms with van der Waals surface area (Å²) in [6.45, 7) is 4.44. The zero-order valence-corrected chi connectivity index (χ0v) is 20.5. The van der Waals surface area contributed by atoms with E-state index in [0.29, 0.717) is 39.4 Å². The first-order chi connectivity index (χ1) is 16.4. The number of carbonyl (C=O) groups excluding carboxylic acids is 1. The first kappa shape index (κ1) is 25.0. The lowest BCUT2D eigenvalue weighted by Gasteiger charge is -2.14. The standard InChI is InChI=1S/C27H24BrFN2O3/c1-3-18-8-10-23(11-9-18)31-27(32)21(16-30)13-20-14-25(33-4-2)26(15-24(20)28)34-17-19-6-5-7-22(29)12-19/h5-15H,3-4,17H2,1-2H3,(H,31,32)/b21-13+. The van der Waals surface area contributed by atoms with Crippen LogP contribution in [0.1, 0.15) is 30.5 Å². The van der Waals surface area contributed by atoms with Gasteiger partial charge in [0.05, 0.1) is 6.61 Å². The summed E-state index contributed by atoms with van der Waals surface area (Å²) in [6.07, 6.45) is 2.38. The maximum absolute atomic E-state index is 13.4. The third-order valence-corrected chi connectivity index (χ3v) is 5.62. The zero-order chi connectivity index (χ0) is 24.5. The van der Waals surface area contributed by atoms with Crippen LogP contribution in [-0.2, 0) is 17.8 Å². The van der Waals surface area contributed by atoms with Gasteiger partial charge in [0.25, 0.3) is 5.91 Å². The lowest BCUT2D eigenvalue weighted by Crippen LogP contribution is -2.13. The van der Waals surface area contributed by atoms with Crippen molar-refractivity contribution in [1.29, 1.82) is 5.26 Å². The average Bonchev–Trinajstić information content (AvgIpc) is 2.83. The highest BCUT2D eigenvalue weighted by Crippen LogP contribution is 2.35. The fourth-order valence-corrected chi connectivity index (χ4v) is 3.59. The lowest BCUT2D eigenvalue weighted by molar-refractivity contribution is -0.112. The minimum atomic E-state index is -0.511. The molecule has 5 nitrogen and oxygen atoms in total. The minimum Gasteiger partial charge on any atom is -0.490 e. The molecule has 0 radical (unpaired) electrons. The number of nitrogens with zero attached hydrogens (tertiary/aromatic N) is 1. The molecular weight excluding hydrogens is 499 g/mol. The molecule has 0 heterocycles. The maximum Gasteiger partial charge on any atom is 0.266 e. The Hall–Kier alpha value is -3.63. The molecule has 0 aliphatic heterocycles. The van der Waals surface area contributed by atoms with E-state index in [1.54, 1.807) is 36.4 Å². The Morgan fingerprint density at radius 1 is 1.06 bits per heavy atom. The molecule has 3 aromatic carbocycles. The number of halogens is 2. The van der Waals surface area contributed by atoms with Crippen LogP contribution in [0.2, 0.25) is 0 Å². The molecule has 0 saturated carbocycles. The van der Waals surface area contributed by atoms with Crippen molar-refractivity contribution in [3.63, 3.8) is 0 Å². The summed E-state index contributed by atoms with van der Waals surface area (Å²) in [4.78, 5) is 12.7. The molecule has 1 amide bonds. The van der Waals surface area contributed by atoms with Crippen LogP contribution in [0, 0.1) is 17.1 Å². The van der Waals surface area contributed by atoms with Gasteiger partial charge < -0.3 is 14.8 Å². The van der Waals surface area contributed by atoms with Gasteiger partial charge in [-0.1, -0.05) is 47.1 Å². The van der Waals surface area contributed by atoms with Gasteiger partial charge >= 0.3 is 0 Å². The Labute approximate surface area is 207 Å². The molecule has 0 unspecified atom stereocenters. The molecule has 0 spiro atoms. The number of carbonyl (C=O) groups is 1. The van der Waals surface area contributed by atoms with Gasteiger partial charge in [0.2, 0.25) is 0 Å². The second kappa shape index (κ2) is 12.0. The molecule has 0 bridgehead atoms. The van der Waals surface area contributed by atoms with Gasteiger partial charge in [-0.05, 0) is 72.5 Å². The van der Waals surface area contributed by atoms with E-state index < -0.39 is 5.91 Å². The van der Waals surface area contributed by atoms with E-state index in [0.717, 1.165) is 12.0 Å². The van der Waals surface area contributed by atoms with E-state index in [1.165, 1.54) is 18.2 Å². The van der Waals surface area contributed by atoms with Crippen LogP contribution in [0.4, 0.5) is 10.1 Å². The van der Waals surface area contributed by atoms with Crippen molar-refractivity contribution in [1.82, 2.24) is 0 Å². The SMILES string of the molecule is CCOc1cc(/C=C(\C#N)C(=O)Nc2ccc(CC)cc2)c(Br)cc1OCc1cccc(F)c1. The topological polar surface area (TPSA) is 71.3 Å². The number of nitriles is 1. The number of rotatable bonds is 9. The summed E-state index contributed by atoms with van der Waals surface area (Å²) >= 11 is 3.48. The molecule has 0 atom stereocenters. The van der Waals surface area contributed by atoms with E-state index >= 15 is 0 Å². The fourth-order valence-electron chi connectivity index (χ4n) is 3.16. The summed E-state index contributed by atoms with van der Waals surface area (Å²) in [5.41, 5.74) is 2.96. The normalized spacial score (nSPS) is 11.0. The predicted molar refractivity (Wildman–Crippen MR) is 134 cm³/mol. The van der Waals surface area contributed by atoms with Crippen LogP contribution in [0.15, 0.2) is 70.7 Å². The Morgan fingerprint density at radius 3 is 2.44 bits per heavy atom. The van der Waals surface area contributed by atoms with Crippen LogP contribution in [-0.4, -0.2) is 12.5 Å². The first-order valence-corrected chi connectivity index (χ1v) is 11.6. The number of nitrogens with one attached hydrogen (secondary N) is 1. The van der Waals surface area contributed by atoms with Crippen LogP contribution < -0.4 is 14.8 Å². The molecule has 34 heavy (non-hydrogen) atoms. The number of hydrogen-bond acceptors (Lipinski definition) is 4. The Kier molecular flexibility index (Phi) is 8.83. The van der Waals surface area contributed by atoms with Crippen LogP contribution >= 0.6 is 15.9 Å². The minimum absolute atomic E-state index is 0.0591. The number of benzene rings is 3. The van der Waals surface area contributed by atoms with Crippen molar-refractivity contribution in [2.24, 2.45) is 0 Å². The van der Waals surface area contributed by atoms with Crippen molar-refractivity contribution < 1.29 is 18.7 Å². The summed E-state index contributed by atoms with van der Waals surface area (Å²) in [6, 6.07) is 19.0. The zero-order valence-electron chi connectivity index (χ0n) is 18.9. The van der Waals surface area contributed by atoms with E-state index in [9.17, 15) is 14.4 Å². The third kappa shape index (κ3) is 6.69. The fraction of sp³-hybridized carbons (Fsp3) is 0.185. The lowest BCUT2D eigenvalue weighted by atomic mass is 10.1. The van der Waals surface area contributed by atoms with Crippen LogP contribution in [0.25, 0.3) is 6.08 Å². The van der Waals surface area contributed by atoms with Crippen LogP contribution in [0.3, 0.4) is 0 Å². The van der Waals surface area contributed by atoms with Crippen molar-refractivity contribution in [3.05, 3.63) is 93.2 Å². The summed E-state index contributed by atoms with van der Waals surface area (Å²) in [5, 5.41) is 12.3. The van der Waals surface area contributed by atoms with Gasteiger partial charge in [-0.15, -0.1) is 0 Å². The van der Waals surface area contributed by atoms with Crippen molar-refractivity contribution in [3.8, 4) is 17.6 Å². The average molecular weight is 523 g/mol. The molecule has 0 fully saturated rings. The van der Waals surface area contributed by atoms with Crippen molar-refractivity contribution in [2.75, 3.05) is 11.9 Å². The van der Waals surface area contributed by atoms with Gasteiger partial charge in [-0.25, -0.2) is 4.39 Å². The van der Waals surface area contributed by atoms with Crippen LogP contribution in [0.5, 0.6) is 11.5 Å². The number of aryl methyl sites for hydroxylation is 1. The van der Waals surface area contributed by atoms with Gasteiger partial charge in [0.1, 0.15) is 24.1 Å². The van der Waals surface area contributed by atoms with E-state index in [4.69, 9.17) is 9.47 Å². The summed E-state index contributed by atoms with van der Waals surface area (Å²) < 4.78 is 25.6. The molecular formula is C27H24BrFN2O3. The quantitative estimate of drug-likeness (QED) is 0.251. The maximum atomic E-state index is 13.4. The van der Waals surface area contributed by atoms with Crippen molar-refractivity contribution in [2.45, 2.75) is 26.9 Å². The summed E-state index contributed by atoms with van der Waals surface area (Å²) in [5.74, 6) is 0.0507. The second-order valence-electron chi connectivity index (χ2n) is 7.35. The summed E-state index contributed by atoms with van der Waals surface area (Å²) in [7, 11) is 0. The van der Waals surface area contributed by atoms with Gasteiger partial charge in [0, 0.05) is 10.2 Å². The third-order valence-electron chi connectivity index (χ3n) is 4.93. The number of hydrogen-bond donors (Lipinski definition) is 1. The molecule has 174 valence electrons. The Bertz CT molecular complexity index is 1230. The molecule has 3 aromatic rings. The molecule has 1 N–H and O–H groups in total. The highest BCUT2D eigenvalue weighted by Gasteiger charge is 2.14. The highest BCUT2D eigenvalue weighted by atomic mass is 79.9. The predicted octanol–water partition coefficient (Wildman–Crippen LogP) is 6.67. The van der Waals surface area contributed by atoms with E-state index in [1.807, 2.05) is 25.1 Å². The monoisotopic (exact) mass is 522 g/mol. The Balaban J connectivity index is 1.82. The van der Waals surface area contributed by atoms with Crippen molar-refractivity contribution >= 4 is 33.6 Å². The number of amides is 1. The van der Waals surface area contributed by atoms with E-state index in [2.05, 4.69) is 28.2 Å². The highest BCUT2D eigenvalue weighted by molar-refractivity contribution is 9.10. The number of anilines is 1. The van der Waals surface area contributed by atoms with Gasteiger partial charge in [-0.2, -0.15) is 5.26 Å². The number of ether oxygens (including phenoxy) is 2. The smallest absolute Gasteiger partial charge is 0.266 e. The molecule has 0 aliphatic rings. The van der Waals surface area contributed by atoms with Gasteiger partial charge in [-0.3, -0.25) is 4.79 Å². The molecule has 0 aromatic heterocycles. The molecule has 0 saturated heterocycles. The second-order valence-corrected chi connectivity index (χ2v) is 8.20. The van der Waals surface area contributed by atoms with E-state index in [-0.39, 0.29) is 18.0 Å². The molecule has 0 aliphatic carbocycles. The molecule has 7 heteroatoms. The van der Waals surface area contributed by atoms with Gasteiger partial charge in [0.15, 0.2) is 11.5 Å². The largest absolute Gasteiger partial charge is 0.490 e. The Morgan fingerprint density at radius 2 is 1.79 bits per heavy atom. The first-order valence-electron chi connectivity index (χ1n) is 10.8.